The van der Waals surface area contributed by atoms with E-state index >= 15 is 0 Å². The molecule has 1 aromatic heterocycles. The summed E-state index contributed by atoms with van der Waals surface area (Å²) in [6.45, 7) is 1.69. The van der Waals surface area contributed by atoms with Gasteiger partial charge in [0, 0.05) is 42.1 Å². The second-order valence-corrected chi connectivity index (χ2v) is 7.75. The Kier molecular flexibility index (Phi) is 5.74. The fourth-order valence-corrected chi connectivity index (χ4v) is 4.00. The van der Waals surface area contributed by atoms with Crippen molar-refractivity contribution >= 4 is 23.5 Å². The van der Waals surface area contributed by atoms with Crippen LogP contribution in [0.4, 0.5) is 10.1 Å². The molecule has 166 valence electrons. The average Bonchev–Trinajstić information content (AvgIpc) is 2.79. The number of carbonyl (C=O) groups is 3. The molecule has 3 N–H and O–H groups in total. The van der Waals surface area contributed by atoms with Crippen LogP contribution in [0, 0.1) is 12.7 Å². The van der Waals surface area contributed by atoms with Crippen LogP contribution >= 0.6 is 0 Å². The molecular weight excluding hydrogens is 425 g/mol. The zero-order valence-electron chi connectivity index (χ0n) is 17.7. The van der Waals surface area contributed by atoms with E-state index in [-0.39, 0.29) is 17.9 Å². The minimum absolute atomic E-state index is 0.00137. The predicted octanol–water partition coefficient (Wildman–Crippen LogP) is 3.78. The van der Waals surface area contributed by atoms with Crippen molar-refractivity contribution < 1.29 is 23.9 Å². The molecule has 0 spiro atoms. The van der Waals surface area contributed by atoms with E-state index in [1.54, 1.807) is 43.6 Å². The number of carbonyl (C=O) groups excluding carboxylic acids is 2. The summed E-state index contributed by atoms with van der Waals surface area (Å²) in [5, 5.41) is 9.88. The van der Waals surface area contributed by atoms with Crippen LogP contribution in [0.15, 0.2) is 72.7 Å². The minimum Gasteiger partial charge on any atom is -0.478 e. The number of pyridine rings is 1. The molecule has 0 bridgehead atoms. The molecule has 7 nitrogen and oxygen atoms in total. The maximum atomic E-state index is 13.4. The molecule has 0 aliphatic carbocycles. The number of aliphatic carboxylic acids is 1. The van der Waals surface area contributed by atoms with Crippen molar-refractivity contribution in [1.29, 1.82) is 0 Å². The van der Waals surface area contributed by atoms with Gasteiger partial charge in [-0.3, -0.25) is 19.5 Å². The van der Waals surface area contributed by atoms with E-state index in [2.05, 4.69) is 4.98 Å². The van der Waals surface area contributed by atoms with Crippen molar-refractivity contribution in [1.82, 2.24) is 4.98 Å². The highest BCUT2D eigenvalue weighted by molar-refractivity contribution is 6.06. The number of rotatable bonds is 5. The first-order valence-electron chi connectivity index (χ1n) is 10.1. The quantitative estimate of drug-likeness (QED) is 0.620. The lowest BCUT2D eigenvalue weighted by Gasteiger charge is -2.31. The number of carboxylic acid groups (broad SMARTS) is 1. The Morgan fingerprint density at radius 2 is 1.79 bits per heavy atom. The van der Waals surface area contributed by atoms with E-state index in [0.717, 1.165) is 0 Å². The lowest BCUT2D eigenvalue weighted by molar-refractivity contribution is -0.133. The third-order valence-electron chi connectivity index (χ3n) is 5.67. The Morgan fingerprint density at radius 3 is 2.39 bits per heavy atom. The van der Waals surface area contributed by atoms with Crippen molar-refractivity contribution in [3.8, 4) is 11.1 Å². The second-order valence-electron chi connectivity index (χ2n) is 7.75. The number of hydrogen-bond acceptors (Lipinski definition) is 4. The molecule has 33 heavy (non-hydrogen) atoms. The van der Waals surface area contributed by atoms with E-state index in [9.17, 15) is 23.9 Å². The van der Waals surface area contributed by atoms with Gasteiger partial charge in [0.2, 0.25) is 11.8 Å². The number of carboxylic acids is 1. The highest BCUT2D eigenvalue weighted by Gasteiger charge is 2.34. The molecule has 1 aliphatic heterocycles. The third kappa shape index (κ3) is 4.23. The van der Waals surface area contributed by atoms with Crippen molar-refractivity contribution in [2.75, 3.05) is 4.90 Å². The number of benzene rings is 2. The van der Waals surface area contributed by atoms with Crippen LogP contribution in [0.25, 0.3) is 11.1 Å². The van der Waals surface area contributed by atoms with Crippen molar-refractivity contribution in [2.45, 2.75) is 19.3 Å². The summed E-state index contributed by atoms with van der Waals surface area (Å²) >= 11 is 0. The average molecular weight is 445 g/mol. The maximum Gasteiger partial charge on any atom is 0.333 e. The van der Waals surface area contributed by atoms with Crippen LogP contribution in [0.2, 0.25) is 0 Å². The standard InChI is InChI=1S/C25H20FN3O4/c1-14-10-22(20(11-18(14)24(27)31)16-6-8-28-9-7-16)29-13-21(25(32)33)19(12-23(29)30)15-2-4-17(26)5-3-15/h2-11,13,19H,12H2,1H3,(H2,27,31)(H,32,33)/t19-/m0/s1. The molecule has 2 heterocycles. The monoisotopic (exact) mass is 445 g/mol. The Labute approximate surface area is 189 Å². The van der Waals surface area contributed by atoms with E-state index in [4.69, 9.17) is 5.73 Å². The van der Waals surface area contributed by atoms with Crippen LogP contribution in [-0.4, -0.2) is 27.9 Å². The summed E-state index contributed by atoms with van der Waals surface area (Å²) < 4.78 is 13.4. The Bertz CT molecular complexity index is 1290. The van der Waals surface area contributed by atoms with Crippen LogP contribution in [0.3, 0.4) is 0 Å². The smallest absolute Gasteiger partial charge is 0.333 e. The number of primary amides is 1. The van der Waals surface area contributed by atoms with Gasteiger partial charge in [-0.15, -0.1) is 0 Å². The number of aromatic nitrogens is 1. The van der Waals surface area contributed by atoms with Crippen LogP contribution in [-0.2, 0) is 9.59 Å². The summed E-state index contributed by atoms with van der Waals surface area (Å²) in [5.74, 6) is -3.30. The Hall–Kier alpha value is -4.33. The van der Waals surface area contributed by atoms with Gasteiger partial charge in [-0.2, -0.15) is 0 Å². The van der Waals surface area contributed by atoms with Gasteiger partial charge in [0.25, 0.3) is 0 Å². The van der Waals surface area contributed by atoms with Crippen LogP contribution in [0.5, 0.6) is 0 Å². The lowest BCUT2D eigenvalue weighted by atomic mass is 9.85. The fourth-order valence-electron chi connectivity index (χ4n) is 4.00. The van der Waals surface area contributed by atoms with Crippen molar-refractivity contribution in [3.63, 3.8) is 0 Å². The molecule has 1 atom stereocenters. The van der Waals surface area contributed by atoms with Crippen molar-refractivity contribution in [3.05, 3.63) is 95.2 Å². The number of hydrogen-bond donors (Lipinski definition) is 2. The van der Waals surface area contributed by atoms with E-state index in [0.29, 0.717) is 33.5 Å². The highest BCUT2D eigenvalue weighted by atomic mass is 19.1. The Balaban J connectivity index is 1.88. The van der Waals surface area contributed by atoms with Gasteiger partial charge in [0.1, 0.15) is 5.82 Å². The third-order valence-corrected chi connectivity index (χ3v) is 5.67. The normalized spacial score (nSPS) is 15.8. The summed E-state index contributed by atoms with van der Waals surface area (Å²) in [5.41, 5.74) is 8.54. The van der Waals surface area contributed by atoms with E-state index in [1.807, 2.05) is 0 Å². The van der Waals surface area contributed by atoms with Gasteiger partial charge < -0.3 is 10.8 Å². The number of anilines is 1. The van der Waals surface area contributed by atoms with Crippen molar-refractivity contribution in [2.24, 2.45) is 5.73 Å². The SMILES string of the molecule is Cc1cc(N2C=C(C(=O)O)[C@H](c3ccc(F)cc3)CC2=O)c(-c2ccncc2)cc1C(N)=O. The Morgan fingerprint density at radius 1 is 1.12 bits per heavy atom. The number of aryl methyl sites for hydroxylation is 1. The first kappa shape index (κ1) is 21.9. The minimum atomic E-state index is -1.18. The molecule has 2 amide bonds. The highest BCUT2D eigenvalue weighted by Crippen LogP contribution is 2.39. The van der Waals surface area contributed by atoms with Gasteiger partial charge in [0.05, 0.1) is 11.3 Å². The number of nitrogens with zero attached hydrogens (tertiary/aromatic N) is 2. The molecule has 0 saturated carbocycles. The molecule has 3 aromatic rings. The van der Waals surface area contributed by atoms with Gasteiger partial charge in [-0.1, -0.05) is 12.1 Å². The summed E-state index contributed by atoms with van der Waals surface area (Å²) in [6, 6.07) is 12.1. The first-order valence-corrected chi connectivity index (χ1v) is 10.1. The molecule has 0 radical (unpaired) electrons. The summed E-state index contributed by atoms with van der Waals surface area (Å²) in [4.78, 5) is 42.6. The zero-order valence-corrected chi connectivity index (χ0v) is 17.7. The second kappa shape index (κ2) is 8.66. The molecule has 0 saturated heterocycles. The molecule has 8 heteroatoms. The number of halogens is 1. The van der Waals surface area contributed by atoms with E-state index in [1.165, 1.54) is 35.4 Å². The zero-order chi connectivity index (χ0) is 23.7. The van der Waals surface area contributed by atoms with Crippen LogP contribution in [0.1, 0.15) is 33.8 Å². The van der Waals surface area contributed by atoms with E-state index < -0.39 is 23.6 Å². The topological polar surface area (TPSA) is 114 Å². The van der Waals surface area contributed by atoms with Gasteiger partial charge >= 0.3 is 5.97 Å². The molecule has 4 rings (SSSR count). The fraction of sp³-hybridized carbons (Fsp3) is 0.120. The van der Waals surface area contributed by atoms with Crippen LogP contribution < -0.4 is 10.6 Å². The lowest BCUT2D eigenvalue weighted by Crippen LogP contribution is -2.34. The van der Waals surface area contributed by atoms with Gasteiger partial charge in [0.15, 0.2) is 0 Å². The predicted molar refractivity (Wildman–Crippen MR) is 120 cm³/mol. The van der Waals surface area contributed by atoms with Gasteiger partial charge in [-0.25, -0.2) is 9.18 Å². The number of amides is 2. The molecule has 1 aliphatic rings. The maximum absolute atomic E-state index is 13.4. The molecular formula is C25H20FN3O4. The van der Waals surface area contributed by atoms with Gasteiger partial charge in [-0.05, 0) is 60.0 Å². The molecule has 0 fully saturated rings. The molecule has 2 aromatic carbocycles. The summed E-state index contributed by atoms with van der Waals surface area (Å²) in [7, 11) is 0. The molecule has 0 unspecified atom stereocenters. The first-order chi connectivity index (χ1) is 15.8. The summed E-state index contributed by atoms with van der Waals surface area (Å²) in [6.07, 6.45) is 4.33. The number of nitrogens with two attached hydrogens (primary N) is 1. The largest absolute Gasteiger partial charge is 0.478 e.